The number of ether oxygens (including phenoxy) is 1. The number of aliphatic carboxylic acids is 1. The van der Waals surface area contributed by atoms with Crippen molar-refractivity contribution in [2.24, 2.45) is 62.1 Å². The van der Waals surface area contributed by atoms with Gasteiger partial charge in [0.05, 0.1) is 11.8 Å². The van der Waals surface area contributed by atoms with Crippen molar-refractivity contribution in [3.8, 4) is 0 Å². The van der Waals surface area contributed by atoms with Gasteiger partial charge in [-0.2, -0.15) is 0 Å². The molecular formula is C42H67NO5. The van der Waals surface area contributed by atoms with Gasteiger partial charge in [-0.15, -0.1) is 0 Å². The molecule has 270 valence electrons. The Morgan fingerprint density at radius 1 is 0.833 bits per heavy atom. The summed E-state index contributed by atoms with van der Waals surface area (Å²) in [6.45, 7) is 22.5. The Kier molecular flexibility index (Phi) is 9.09. The SMILES string of the molecule is C=C(C)[C@@H]1CC[C@]2(CC(=O)NC3CCCC3)CC[C@]3(C)[C@H](CC[C@@H]4[C@@]5(C)CC[C@H](OC(=O)CC(C)(C)C(=O)O)C(C)(C)[C@@H]5CC[C@]43C)[C@@H]12. The van der Waals surface area contributed by atoms with Gasteiger partial charge in [0.2, 0.25) is 5.91 Å². The lowest BCUT2D eigenvalue weighted by molar-refractivity contribution is -0.250. The lowest BCUT2D eigenvalue weighted by atomic mass is 9.32. The van der Waals surface area contributed by atoms with Gasteiger partial charge in [0.1, 0.15) is 6.10 Å². The highest BCUT2D eigenvalue weighted by Gasteiger charge is 2.71. The van der Waals surface area contributed by atoms with Gasteiger partial charge in [-0.3, -0.25) is 14.4 Å². The lowest BCUT2D eigenvalue weighted by Crippen LogP contribution is -2.67. The normalized spacial score (nSPS) is 43.7. The zero-order valence-electron chi connectivity index (χ0n) is 31.6. The summed E-state index contributed by atoms with van der Waals surface area (Å²) >= 11 is 0. The van der Waals surface area contributed by atoms with Crippen LogP contribution in [0.1, 0.15) is 158 Å². The summed E-state index contributed by atoms with van der Waals surface area (Å²) in [7, 11) is 0. The van der Waals surface area contributed by atoms with Crippen molar-refractivity contribution >= 4 is 17.8 Å². The van der Waals surface area contributed by atoms with Crippen molar-refractivity contribution in [1.82, 2.24) is 5.32 Å². The Labute approximate surface area is 291 Å². The molecule has 2 N–H and O–H groups in total. The summed E-state index contributed by atoms with van der Waals surface area (Å²) in [5.74, 6) is 1.66. The topological polar surface area (TPSA) is 92.7 Å². The molecule has 0 aromatic heterocycles. The molecule has 6 fully saturated rings. The van der Waals surface area contributed by atoms with Crippen molar-refractivity contribution in [2.75, 3.05) is 0 Å². The van der Waals surface area contributed by atoms with Crippen molar-refractivity contribution in [1.29, 1.82) is 0 Å². The minimum Gasteiger partial charge on any atom is -0.481 e. The summed E-state index contributed by atoms with van der Waals surface area (Å²) in [5, 5.41) is 13.1. The lowest BCUT2D eigenvalue weighted by Gasteiger charge is -2.73. The molecule has 0 spiro atoms. The number of carboxylic acids is 1. The average Bonchev–Trinajstić information content (AvgIpc) is 3.63. The first-order chi connectivity index (χ1) is 22.3. The van der Waals surface area contributed by atoms with Crippen molar-refractivity contribution in [3.63, 3.8) is 0 Å². The van der Waals surface area contributed by atoms with E-state index in [1.165, 1.54) is 50.5 Å². The average molecular weight is 666 g/mol. The van der Waals surface area contributed by atoms with E-state index < -0.39 is 11.4 Å². The maximum absolute atomic E-state index is 13.7. The Hall–Kier alpha value is -1.85. The minimum absolute atomic E-state index is 0.0971. The fraction of sp³-hybridized carbons (Fsp3) is 0.881. The molecule has 6 heteroatoms. The number of hydrogen-bond donors (Lipinski definition) is 2. The van der Waals surface area contributed by atoms with E-state index in [-0.39, 0.29) is 45.6 Å². The third kappa shape index (κ3) is 5.51. The molecule has 0 unspecified atom stereocenters. The Balaban J connectivity index is 1.24. The standard InChI is InChI=1S/C42H67NO5/c1-26(2)28-16-21-42(24-33(44)43-27-12-10-11-13-27)23-22-40(8)29(35(28)42)14-15-31-39(7)19-18-32(48-34(45)25-37(3,4)36(46)47)38(5,6)30(39)17-20-41(31,40)9/h27-32,35H,1,10-25H2,2-9H3,(H,43,44)(H,46,47)/t28-,29+,30-,31+,32-,35+,39-,40+,41+,42+/m0/s1. The predicted octanol–water partition coefficient (Wildman–Crippen LogP) is 9.51. The number of amides is 1. The molecule has 0 aromatic carbocycles. The van der Waals surface area contributed by atoms with E-state index in [2.05, 4.69) is 53.4 Å². The molecule has 6 aliphatic rings. The van der Waals surface area contributed by atoms with Crippen molar-refractivity contribution in [2.45, 2.75) is 170 Å². The number of nitrogens with one attached hydrogen (secondary N) is 1. The quantitative estimate of drug-likeness (QED) is 0.199. The fourth-order valence-electron chi connectivity index (χ4n) is 14.1. The second kappa shape index (κ2) is 12.1. The molecule has 6 saturated carbocycles. The van der Waals surface area contributed by atoms with Gasteiger partial charge in [-0.1, -0.05) is 59.6 Å². The van der Waals surface area contributed by atoms with Gasteiger partial charge in [0.15, 0.2) is 0 Å². The number of allylic oxidation sites excluding steroid dienone is 1. The van der Waals surface area contributed by atoms with Gasteiger partial charge >= 0.3 is 11.9 Å². The van der Waals surface area contributed by atoms with Crippen LogP contribution in [0.3, 0.4) is 0 Å². The second-order valence-corrected chi connectivity index (χ2v) is 20.0. The smallest absolute Gasteiger partial charge is 0.309 e. The van der Waals surface area contributed by atoms with Crippen LogP contribution in [0.2, 0.25) is 0 Å². The number of rotatable bonds is 8. The largest absolute Gasteiger partial charge is 0.481 e. The number of fused-ring (bicyclic) bond motifs is 7. The molecule has 6 aliphatic carbocycles. The molecule has 6 nitrogen and oxygen atoms in total. The maximum Gasteiger partial charge on any atom is 0.309 e. The number of carbonyl (C=O) groups excluding carboxylic acids is 2. The van der Waals surface area contributed by atoms with Crippen LogP contribution >= 0.6 is 0 Å². The Morgan fingerprint density at radius 2 is 1.52 bits per heavy atom. The van der Waals surface area contributed by atoms with Crippen LogP contribution in [0.5, 0.6) is 0 Å². The van der Waals surface area contributed by atoms with Gasteiger partial charge < -0.3 is 15.2 Å². The molecule has 0 bridgehead atoms. The van der Waals surface area contributed by atoms with Gasteiger partial charge in [0.25, 0.3) is 0 Å². The van der Waals surface area contributed by atoms with E-state index in [1.807, 2.05) is 0 Å². The van der Waals surface area contributed by atoms with Crippen LogP contribution in [0.4, 0.5) is 0 Å². The van der Waals surface area contributed by atoms with Crippen LogP contribution in [0, 0.1) is 62.1 Å². The summed E-state index contributed by atoms with van der Waals surface area (Å²) in [5.41, 5.74) is 0.699. The van der Waals surface area contributed by atoms with Gasteiger partial charge in [-0.05, 0) is 149 Å². The predicted molar refractivity (Wildman–Crippen MR) is 190 cm³/mol. The van der Waals surface area contributed by atoms with Gasteiger partial charge in [-0.25, -0.2) is 0 Å². The van der Waals surface area contributed by atoms with Crippen molar-refractivity contribution in [3.05, 3.63) is 12.2 Å². The number of carboxylic acid groups (broad SMARTS) is 1. The van der Waals surface area contributed by atoms with Crippen LogP contribution in [-0.4, -0.2) is 35.1 Å². The van der Waals surface area contributed by atoms with Crippen LogP contribution in [0.25, 0.3) is 0 Å². The van der Waals surface area contributed by atoms with E-state index in [0.29, 0.717) is 48.0 Å². The molecular weight excluding hydrogens is 598 g/mol. The summed E-state index contributed by atoms with van der Waals surface area (Å²) < 4.78 is 6.18. The van der Waals surface area contributed by atoms with Crippen LogP contribution in [-0.2, 0) is 19.1 Å². The third-order valence-electron chi connectivity index (χ3n) is 16.9. The number of hydrogen-bond acceptors (Lipinski definition) is 4. The first-order valence-corrected chi connectivity index (χ1v) is 19.7. The minimum atomic E-state index is -1.13. The summed E-state index contributed by atoms with van der Waals surface area (Å²) in [6.07, 6.45) is 16.6. The molecule has 0 radical (unpaired) electrons. The molecule has 0 saturated heterocycles. The molecule has 10 atom stereocenters. The summed E-state index contributed by atoms with van der Waals surface area (Å²) in [6, 6.07) is 0.379. The molecule has 0 aromatic rings. The number of carbonyl (C=O) groups is 3. The highest BCUT2D eigenvalue weighted by atomic mass is 16.5. The highest BCUT2D eigenvalue weighted by molar-refractivity contribution is 5.81. The third-order valence-corrected chi connectivity index (χ3v) is 16.9. The second-order valence-electron chi connectivity index (χ2n) is 20.0. The zero-order chi connectivity index (χ0) is 35.1. The molecule has 1 amide bonds. The first-order valence-electron chi connectivity index (χ1n) is 19.7. The van der Waals surface area contributed by atoms with Crippen LogP contribution < -0.4 is 5.32 Å². The zero-order valence-corrected chi connectivity index (χ0v) is 31.6. The number of esters is 1. The highest BCUT2D eigenvalue weighted by Crippen LogP contribution is 2.78. The van der Waals surface area contributed by atoms with Crippen molar-refractivity contribution < 1.29 is 24.2 Å². The maximum atomic E-state index is 13.7. The molecule has 0 aliphatic heterocycles. The van der Waals surface area contributed by atoms with E-state index >= 15 is 0 Å². The first kappa shape index (κ1) is 36.0. The monoisotopic (exact) mass is 666 g/mol. The Bertz CT molecular complexity index is 1310. The van der Waals surface area contributed by atoms with Gasteiger partial charge in [0, 0.05) is 17.9 Å². The van der Waals surface area contributed by atoms with E-state index in [1.54, 1.807) is 13.8 Å². The van der Waals surface area contributed by atoms with E-state index in [4.69, 9.17) is 4.74 Å². The molecule has 6 rings (SSSR count). The fourth-order valence-corrected chi connectivity index (χ4v) is 14.1. The molecule has 48 heavy (non-hydrogen) atoms. The summed E-state index contributed by atoms with van der Waals surface area (Å²) in [4.78, 5) is 38.4. The van der Waals surface area contributed by atoms with E-state index in [9.17, 15) is 19.5 Å². The van der Waals surface area contributed by atoms with Crippen LogP contribution in [0.15, 0.2) is 12.2 Å². The van der Waals surface area contributed by atoms with E-state index in [0.717, 1.165) is 44.9 Å². The molecule has 0 heterocycles. The Morgan fingerprint density at radius 3 is 2.17 bits per heavy atom.